The predicted octanol–water partition coefficient (Wildman–Crippen LogP) is 1.15. The molecule has 1 aliphatic rings. The molecule has 0 saturated heterocycles. The van der Waals surface area contributed by atoms with Crippen molar-refractivity contribution in [3.63, 3.8) is 0 Å². The molecule has 4 nitrogen and oxygen atoms in total. The van der Waals surface area contributed by atoms with Crippen molar-refractivity contribution in [2.24, 2.45) is 0 Å². The molecule has 1 fully saturated rings. The SMILES string of the molecule is COC1CCC(NC(C)C(OC)OC)C1. The number of nitrogens with one attached hydrogen (secondary N) is 1. The highest BCUT2D eigenvalue weighted by molar-refractivity contribution is 4.83. The maximum absolute atomic E-state index is 5.33. The number of hydrogen-bond acceptors (Lipinski definition) is 4. The van der Waals surface area contributed by atoms with Crippen molar-refractivity contribution >= 4 is 0 Å². The fraction of sp³-hybridized carbons (Fsp3) is 1.00. The molecular formula is C11H23NO3. The maximum atomic E-state index is 5.33. The molecule has 0 spiro atoms. The summed E-state index contributed by atoms with van der Waals surface area (Å²) in [6.07, 6.45) is 3.64. The highest BCUT2D eigenvalue weighted by atomic mass is 16.7. The topological polar surface area (TPSA) is 39.7 Å². The van der Waals surface area contributed by atoms with Crippen LogP contribution in [0.5, 0.6) is 0 Å². The molecule has 0 bridgehead atoms. The number of hydrogen-bond donors (Lipinski definition) is 1. The molecule has 15 heavy (non-hydrogen) atoms. The van der Waals surface area contributed by atoms with Gasteiger partial charge in [0.05, 0.1) is 12.1 Å². The van der Waals surface area contributed by atoms with E-state index in [4.69, 9.17) is 14.2 Å². The molecule has 0 heterocycles. The quantitative estimate of drug-likeness (QED) is 0.678. The van der Waals surface area contributed by atoms with Crippen molar-refractivity contribution in [1.29, 1.82) is 0 Å². The summed E-state index contributed by atoms with van der Waals surface area (Å²) in [7, 11) is 5.11. The van der Waals surface area contributed by atoms with Crippen LogP contribution in [0.4, 0.5) is 0 Å². The van der Waals surface area contributed by atoms with E-state index in [1.165, 1.54) is 6.42 Å². The molecule has 0 radical (unpaired) electrons. The minimum absolute atomic E-state index is 0.174. The smallest absolute Gasteiger partial charge is 0.171 e. The third-order valence-corrected chi connectivity index (χ3v) is 3.09. The first-order valence-corrected chi connectivity index (χ1v) is 5.55. The van der Waals surface area contributed by atoms with Crippen molar-refractivity contribution in [2.45, 2.75) is 50.7 Å². The minimum atomic E-state index is -0.174. The predicted molar refractivity (Wildman–Crippen MR) is 58.8 cm³/mol. The van der Waals surface area contributed by atoms with E-state index in [2.05, 4.69) is 12.2 Å². The van der Waals surface area contributed by atoms with Crippen LogP contribution in [0.1, 0.15) is 26.2 Å². The Kier molecular flexibility index (Phi) is 5.53. The Hall–Kier alpha value is -0.160. The van der Waals surface area contributed by atoms with E-state index in [1.807, 2.05) is 0 Å². The summed E-state index contributed by atoms with van der Waals surface area (Å²) in [5.41, 5.74) is 0. The molecule has 0 amide bonds. The molecule has 0 aromatic heterocycles. The molecule has 3 unspecified atom stereocenters. The first kappa shape index (κ1) is 12.9. The van der Waals surface area contributed by atoms with Gasteiger partial charge >= 0.3 is 0 Å². The van der Waals surface area contributed by atoms with Crippen LogP contribution < -0.4 is 5.32 Å². The summed E-state index contributed by atoms with van der Waals surface area (Å²) in [5.74, 6) is 0. The average molecular weight is 217 g/mol. The van der Waals surface area contributed by atoms with Gasteiger partial charge in [-0.25, -0.2) is 0 Å². The standard InChI is InChI=1S/C11H23NO3/c1-8(11(14-3)15-4)12-9-5-6-10(7-9)13-2/h8-12H,5-7H2,1-4H3. The van der Waals surface area contributed by atoms with Gasteiger partial charge in [0.2, 0.25) is 0 Å². The molecule has 90 valence electrons. The highest BCUT2D eigenvalue weighted by Gasteiger charge is 2.27. The third kappa shape index (κ3) is 3.72. The Labute approximate surface area is 92.3 Å². The second-order valence-corrected chi connectivity index (χ2v) is 4.16. The number of ether oxygens (including phenoxy) is 3. The summed E-state index contributed by atoms with van der Waals surface area (Å²) >= 11 is 0. The Bertz CT molecular complexity index is 173. The van der Waals surface area contributed by atoms with Gasteiger partial charge in [0.1, 0.15) is 0 Å². The zero-order valence-electron chi connectivity index (χ0n) is 10.2. The van der Waals surface area contributed by atoms with Gasteiger partial charge < -0.3 is 19.5 Å². The van der Waals surface area contributed by atoms with E-state index in [-0.39, 0.29) is 12.3 Å². The van der Waals surface area contributed by atoms with Crippen LogP contribution in [0.15, 0.2) is 0 Å². The van der Waals surface area contributed by atoms with Crippen molar-refractivity contribution in [3.05, 3.63) is 0 Å². The summed E-state index contributed by atoms with van der Waals surface area (Å²) in [6.45, 7) is 2.08. The van der Waals surface area contributed by atoms with Crippen LogP contribution in [0.2, 0.25) is 0 Å². The Morgan fingerprint density at radius 3 is 2.27 bits per heavy atom. The summed E-state index contributed by atoms with van der Waals surface area (Å²) < 4.78 is 15.8. The Balaban J connectivity index is 2.29. The summed E-state index contributed by atoms with van der Waals surface area (Å²) in [4.78, 5) is 0. The van der Waals surface area contributed by atoms with E-state index in [0.717, 1.165) is 12.8 Å². The highest BCUT2D eigenvalue weighted by Crippen LogP contribution is 2.22. The fourth-order valence-electron chi connectivity index (χ4n) is 2.26. The minimum Gasteiger partial charge on any atom is -0.381 e. The van der Waals surface area contributed by atoms with Gasteiger partial charge in [0.25, 0.3) is 0 Å². The zero-order chi connectivity index (χ0) is 11.3. The van der Waals surface area contributed by atoms with E-state index < -0.39 is 0 Å². The van der Waals surface area contributed by atoms with Crippen LogP contribution in [0.25, 0.3) is 0 Å². The van der Waals surface area contributed by atoms with Crippen LogP contribution >= 0.6 is 0 Å². The zero-order valence-corrected chi connectivity index (χ0v) is 10.2. The van der Waals surface area contributed by atoms with Gasteiger partial charge in [-0.15, -0.1) is 0 Å². The molecule has 1 aliphatic carbocycles. The van der Waals surface area contributed by atoms with Crippen LogP contribution in [0, 0.1) is 0 Å². The largest absolute Gasteiger partial charge is 0.381 e. The van der Waals surface area contributed by atoms with E-state index in [1.54, 1.807) is 21.3 Å². The number of methoxy groups -OCH3 is 3. The van der Waals surface area contributed by atoms with E-state index >= 15 is 0 Å². The molecule has 1 rings (SSSR count). The molecular weight excluding hydrogens is 194 g/mol. The van der Waals surface area contributed by atoms with Gasteiger partial charge in [-0.2, -0.15) is 0 Å². The number of rotatable bonds is 6. The lowest BCUT2D eigenvalue weighted by Crippen LogP contribution is -2.44. The average Bonchev–Trinajstić information content (AvgIpc) is 2.67. The van der Waals surface area contributed by atoms with Gasteiger partial charge in [0.15, 0.2) is 6.29 Å². The maximum Gasteiger partial charge on any atom is 0.171 e. The van der Waals surface area contributed by atoms with Gasteiger partial charge in [0, 0.05) is 27.4 Å². The molecule has 0 aliphatic heterocycles. The monoisotopic (exact) mass is 217 g/mol. The summed E-state index contributed by atoms with van der Waals surface area (Å²) in [6, 6.07) is 0.735. The normalized spacial score (nSPS) is 28.6. The van der Waals surface area contributed by atoms with Crippen molar-refractivity contribution < 1.29 is 14.2 Å². The second-order valence-electron chi connectivity index (χ2n) is 4.16. The molecule has 0 aromatic rings. The van der Waals surface area contributed by atoms with Crippen molar-refractivity contribution in [1.82, 2.24) is 5.32 Å². The lowest BCUT2D eigenvalue weighted by molar-refractivity contribution is -0.121. The molecule has 4 heteroatoms. The lowest BCUT2D eigenvalue weighted by Gasteiger charge is -2.25. The first-order valence-electron chi connectivity index (χ1n) is 5.55. The van der Waals surface area contributed by atoms with Gasteiger partial charge in [-0.1, -0.05) is 0 Å². The first-order chi connectivity index (χ1) is 7.21. The molecule has 3 atom stereocenters. The molecule has 0 aromatic carbocycles. The van der Waals surface area contributed by atoms with Gasteiger partial charge in [-0.05, 0) is 26.2 Å². The van der Waals surface area contributed by atoms with Crippen LogP contribution in [-0.4, -0.2) is 45.8 Å². The Morgan fingerprint density at radius 2 is 1.80 bits per heavy atom. The molecule has 1 saturated carbocycles. The van der Waals surface area contributed by atoms with Crippen molar-refractivity contribution in [2.75, 3.05) is 21.3 Å². The van der Waals surface area contributed by atoms with E-state index in [0.29, 0.717) is 12.1 Å². The van der Waals surface area contributed by atoms with Gasteiger partial charge in [-0.3, -0.25) is 0 Å². The van der Waals surface area contributed by atoms with Crippen molar-refractivity contribution in [3.8, 4) is 0 Å². The lowest BCUT2D eigenvalue weighted by atomic mass is 10.2. The fourth-order valence-corrected chi connectivity index (χ4v) is 2.26. The van der Waals surface area contributed by atoms with Crippen LogP contribution in [-0.2, 0) is 14.2 Å². The summed E-state index contributed by atoms with van der Waals surface area (Å²) in [5, 5.41) is 3.52. The second kappa shape index (κ2) is 6.43. The molecule has 1 N–H and O–H groups in total. The Morgan fingerprint density at radius 1 is 1.13 bits per heavy atom. The van der Waals surface area contributed by atoms with E-state index in [9.17, 15) is 0 Å². The third-order valence-electron chi connectivity index (χ3n) is 3.09. The van der Waals surface area contributed by atoms with Crippen LogP contribution in [0.3, 0.4) is 0 Å².